The van der Waals surface area contributed by atoms with Crippen LogP contribution in [0.25, 0.3) is 0 Å². The SMILES string of the molecule is C=CCCC1/C=C/CC(C)C(C)SNC(=O)c2ccc3c(c2)N(CC2CCC12)CC1(CCCc2cc(Cl)ccc21)CO3. The van der Waals surface area contributed by atoms with Crippen molar-refractivity contribution in [3.8, 4) is 5.75 Å². The van der Waals surface area contributed by atoms with Gasteiger partial charge in [-0.3, -0.25) is 9.52 Å². The van der Waals surface area contributed by atoms with Gasteiger partial charge in [-0.1, -0.05) is 49.7 Å². The summed E-state index contributed by atoms with van der Waals surface area (Å²) in [5.74, 6) is 3.18. The highest BCUT2D eigenvalue weighted by atomic mass is 35.5. The summed E-state index contributed by atoms with van der Waals surface area (Å²) < 4.78 is 9.83. The number of carbonyl (C=O) groups is 1. The van der Waals surface area contributed by atoms with Crippen molar-refractivity contribution in [3.05, 3.63) is 82.9 Å². The molecule has 0 radical (unpaired) electrons. The van der Waals surface area contributed by atoms with Gasteiger partial charge in [-0.15, -0.1) is 6.58 Å². The molecule has 2 heterocycles. The van der Waals surface area contributed by atoms with Gasteiger partial charge >= 0.3 is 0 Å². The molecule has 1 fully saturated rings. The van der Waals surface area contributed by atoms with Crippen LogP contribution in [0.5, 0.6) is 5.75 Å². The Hall–Kier alpha value is -2.37. The van der Waals surface area contributed by atoms with Crippen molar-refractivity contribution in [3.63, 3.8) is 0 Å². The first-order valence-corrected chi connectivity index (χ1v) is 17.2. The summed E-state index contributed by atoms with van der Waals surface area (Å²) in [6.45, 7) is 11.0. The molecule has 42 heavy (non-hydrogen) atoms. The van der Waals surface area contributed by atoms with Crippen LogP contribution in [0.15, 0.2) is 61.2 Å². The van der Waals surface area contributed by atoms with Crippen LogP contribution in [-0.4, -0.2) is 30.9 Å². The first-order chi connectivity index (χ1) is 20.4. The van der Waals surface area contributed by atoms with Crippen LogP contribution in [0.4, 0.5) is 5.69 Å². The van der Waals surface area contributed by atoms with Gasteiger partial charge in [0.05, 0.1) is 12.3 Å². The van der Waals surface area contributed by atoms with Crippen LogP contribution >= 0.6 is 23.5 Å². The second-order valence-corrected chi connectivity index (χ2v) is 14.8. The van der Waals surface area contributed by atoms with Gasteiger partial charge in [-0.05, 0) is 128 Å². The van der Waals surface area contributed by atoms with E-state index in [9.17, 15) is 4.79 Å². The maximum absolute atomic E-state index is 13.4. The molecule has 6 atom stereocenters. The molecule has 1 spiro atoms. The molecule has 2 aliphatic heterocycles. The third kappa shape index (κ3) is 6.01. The maximum atomic E-state index is 13.4. The predicted molar refractivity (Wildman–Crippen MR) is 177 cm³/mol. The number of nitrogens with one attached hydrogen (secondary N) is 1. The normalized spacial score (nSPS) is 31.9. The number of allylic oxidation sites excluding steroid dienone is 3. The zero-order chi connectivity index (χ0) is 29.3. The highest BCUT2D eigenvalue weighted by Crippen LogP contribution is 2.48. The van der Waals surface area contributed by atoms with E-state index in [4.69, 9.17) is 16.3 Å². The molecule has 6 unspecified atom stereocenters. The highest BCUT2D eigenvalue weighted by Gasteiger charge is 2.44. The standard InChI is InChI=1S/C36H45ClN2O2S/c1-4-5-9-26-10-6-8-24(2)25(3)42-38-35(40)28-13-17-34-33(20-28)39(21-29-12-15-31(26)29)22-36(23-41-34)18-7-11-27-19-30(37)14-16-32(27)36/h4,6,10,13-14,16-17,19-20,24-26,29,31H,1,5,7-9,11-12,15,18,21-23H2,2-3H3,(H,38,40)/b10-6+. The number of amides is 1. The molecule has 2 aromatic rings. The van der Waals surface area contributed by atoms with Gasteiger partial charge < -0.3 is 9.64 Å². The molecule has 1 N–H and O–H groups in total. The Morgan fingerprint density at radius 3 is 2.90 bits per heavy atom. The number of fused-ring (bicyclic) bond motifs is 4. The van der Waals surface area contributed by atoms with Crippen LogP contribution in [0.2, 0.25) is 5.02 Å². The van der Waals surface area contributed by atoms with E-state index in [2.05, 4.69) is 66.5 Å². The average Bonchev–Trinajstić information content (AvgIpc) is 3.12. The van der Waals surface area contributed by atoms with E-state index in [-0.39, 0.29) is 11.3 Å². The number of nitrogens with zero attached hydrogens (tertiary/aromatic N) is 1. The number of hydrogen-bond donors (Lipinski definition) is 1. The fourth-order valence-corrected chi connectivity index (χ4v) is 8.62. The first kappa shape index (κ1) is 29.7. The Bertz CT molecular complexity index is 1340. The van der Waals surface area contributed by atoms with Crippen molar-refractivity contribution in [2.45, 2.75) is 75.9 Å². The molecule has 4 nitrogen and oxygen atoms in total. The fraction of sp³-hybridized carbons (Fsp3) is 0.528. The fourth-order valence-electron chi connectivity index (χ4n) is 7.67. The Labute approximate surface area is 261 Å². The molecule has 2 aromatic carbocycles. The lowest BCUT2D eigenvalue weighted by molar-refractivity contribution is 0.0984. The van der Waals surface area contributed by atoms with Gasteiger partial charge in [0.2, 0.25) is 0 Å². The molecular formula is C36H45ClN2O2S. The lowest BCUT2D eigenvalue weighted by Gasteiger charge is -2.46. The summed E-state index contributed by atoms with van der Waals surface area (Å²) >= 11 is 8.00. The molecule has 0 saturated heterocycles. The zero-order valence-corrected chi connectivity index (χ0v) is 26.7. The van der Waals surface area contributed by atoms with Crippen LogP contribution in [0.3, 0.4) is 0 Å². The van der Waals surface area contributed by atoms with Crippen molar-refractivity contribution in [2.75, 3.05) is 24.6 Å². The molecule has 1 saturated carbocycles. The molecule has 2 bridgehead atoms. The zero-order valence-electron chi connectivity index (χ0n) is 25.1. The molecule has 6 rings (SSSR count). The van der Waals surface area contributed by atoms with Crippen molar-refractivity contribution in [2.24, 2.45) is 23.7 Å². The average molecular weight is 605 g/mol. The van der Waals surface area contributed by atoms with Crippen LogP contribution in [0.1, 0.15) is 80.3 Å². The van der Waals surface area contributed by atoms with Gasteiger partial charge in [0.15, 0.2) is 0 Å². The summed E-state index contributed by atoms with van der Waals surface area (Å²) in [7, 11) is 0. The third-order valence-electron chi connectivity index (χ3n) is 10.5. The Balaban J connectivity index is 1.39. The van der Waals surface area contributed by atoms with Crippen molar-refractivity contribution >= 4 is 35.1 Å². The number of halogens is 1. The predicted octanol–water partition coefficient (Wildman–Crippen LogP) is 8.78. The van der Waals surface area contributed by atoms with E-state index in [0.29, 0.717) is 41.1 Å². The van der Waals surface area contributed by atoms with Gasteiger partial charge in [0.1, 0.15) is 5.75 Å². The quantitative estimate of drug-likeness (QED) is 0.281. The second-order valence-electron chi connectivity index (χ2n) is 13.2. The number of rotatable bonds is 3. The van der Waals surface area contributed by atoms with Crippen LogP contribution in [0, 0.1) is 23.7 Å². The summed E-state index contributed by atoms with van der Waals surface area (Å²) in [6.07, 6.45) is 16.1. The first-order valence-electron chi connectivity index (χ1n) is 15.9. The largest absolute Gasteiger partial charge is 0.490 e. The Morgan fingerprint density at radius 2 is 2.10 bits per heavy atom. The van der Waals surface area contributed by atoms with E-state index in [1.807, 2.05) is 18.2 Å². The number of hydrogen-bond acceptors (Lipinski definition) is 4. The van der Waals surface area contributed by atoms with E-state index in [1.54, 1.807) is 11.9 Å². The molecule has 2 aliphatic carbocycles. The van der Waals surface area contributed by atoms with Crippen molar-refractivity contribution < 1.29 is 9.53 Å². The monoisotopic (exact) mass is 604 g/mol. The van der Waals surface area contributed by atoms with Crippen molar-refractivity contribution in [1.82, 2.24) is 4.72 Å². The number of aryl methyl sites for hydroxylation is 1. The molecule has 4 aliphatic rings. The molecule has 0 aromatic heterocycles. The van der Waals surface area contributed by atoms with Crippen LogP contribution < -0.4 is 14.4 Å². The minimum atomic E-state index is -0.108. The number of carbonyl (C=O) groups excluding carboxylic acids is 1. The summed E-state index contributed by atoms with van der Waals surface area (Å²) in [5, 5.41) is 1.12. The highest BCUT2D eigenvalue weighted by molar-refractivity contribution is 7.98. The molecule has 224 valence electrons. The molecule has 1 amide bonds. The Morgan fingerprint density at radius 1 is 1.21 bits per heavy atom. The Kier molecular flexibility index (Phi) is 8.98. The van der Waals surface area contributed by atoms with E-state index in [0.717, 1.165) is 68.1 Å². The van der Waals surface area contributed by atoms with Gasteiger partial charge in [0.25, 0.3) is 5.91 Å². The summed E-state index contributed by atoms with van der Waals surface area (Å²) in [6, 6.07) is 12.5. The summed E-state index contributed by atoms with van der Waals surface area (Å²) in [4.78, 5) is 16.0. The smallest absolute Gasteiger partial charge is 0.261 e. The van der Waals surface area contributed by atoms with Gasteiger partial charge in [-0.25, -0.2) is 0 Å². The van der Waals surface area contributed by atoms with Gasteiger partial charge in [-0.2, -0.15) is 0 Å². The molecular weight excluding hydrogens is 560 g/mol. The van der Waals surface area contributed by atoms with E-state index in [1.165, 1.54) is 24.0 Å². The minimum absolute atomic E-state index is 0.0351. The lowest BCUT2D eigenvalue weighted by atomic mass is 9.65. The van der Waals surface area contributed by atoms with Gasteiger partial charge in [0, 0.05) is 34.3 Å². The topological polar surface area (TPSA) is 41.6 Å². The molecule has 6 heteroatoms. The van der Waals surface area contributed by atoms with E-state index < -0.39 is 0 Å². The number of ether oxygens (including phenoxy) is 1. The third-order valence-corrected chi connectivity index (χ3v) is 11.9. The summed E-state index contributed by atoms with van der Waals surface area (Å²) in [5.41, 5.74) is 4.38. The maximum Gasteiger partial charge on any atom is 0.261 e. The van der Waals surface area contributed by atoms with Crippen LogP contribution in [-0.2, 0) is 11.8 Å². The number of anilines is 1. The number of benzene rings is 2. The minimum Gasteiger partial charge on any atom is -0.490 e. The lowest BCUT2D eigenvalue weighted by Crippen LogP contribution is -2.49. The van der Waals surface area contributed by atoms with E-state index >= 15 is 0 Å². The van der Waals surface area contributed by atoms with Crippen molar-refractivity contribution in [1.29, 1.82) is 0 Å². The second kappa shape index (κ2) is 12.7.